The van der Waals surface area contributed by atoms with E-state index in [1.165, 1.54) is 6.20 Å². The Balaban J connectivity index is 2.00. The van der Waals surface area contributed by atoms with Crippen molar-refractivity contribution < 1.29 is 9.53 Å². The van der Waals surface area contributed by atoms with Crippen molar-refractivity contribution in [2.24, 2.45) is 0 Å². The molecule has 5 heteroatoms. The number of anilines is 1. The van der Waals surface area contributed by atoms with E-state index in [9.17, 15) is 4.79 Å². The van der Waals surface area contributed by atoms with Crippen LogP contribution in [0.5, 0.6) is 0 Å². The fourth-order valence-electron chi connectivity index (χ4n) is 2.41. The predicted molar refractivity (Wildman–Crippen MR) is 89.3 cm³/mol. The quantitative estimate of drug-likeness (QED) is 0.732. The molecule has 3 rings (SSSR count). The summed E-state index contributed by atoms with van der Waals surface area (Å²) in [6, 6.07) is 13.6. The largest absolute Gasteiger partial charge is 0.462 e. The number of nitrogens with one attached hydrogen (secondary N) is 1. The average molecular weight is 307 g/mol. The summed E-state index contributed by atoms with van der Waals surface area (Å²) in [5.74, 6) is -0.365. The SMILES string of the molecule is CCOC(=O)c1cnc2ncccc2c1CNc1ccccc1. The summed E-state index contributed by atoms with van der Waals surface area (Å²) in [6.07, 6.45) is 3.23. The summed E-state index contributed by atoms with van der Waals surface area (Å²) in [5.41, 5.74) is 2.91. The highest BCUT2D eigenvalue weighted by Gasteiger charge is 2.16. The van der Waals surface area contributed by atoms with Crippen LogP contribution in [-0.4, -0.2) is 22.5 Å². The maximum atomic E-state index is 12.2. The molecule has 23 heavy (non-hydrogen) atoms. The fourth-order valence-corrected chi connectivity index (χ4v) is 2.41. The first-order valence-electron chi connectivity index (χ1n) is 7.48. The number of para-hydroxylation sites is 1. The van der Waals surface area contributed by atoms with Gasteiger partial charge in [-0.25, -0.2) is 14.8 Å². The normalized spacial score (nSPS) is 10.5. The van der Waals surface area contributed by atoms with Crippen LogP contribution in [0, 0.1) is 0 Å². The number of nitrogens with zero attached hydrogens (tertiary/aromatic N) is 2. The number of hydrogen-bond donors (Lipinski definition) is 1. The summed E-state index contributed by atoms with van der Waals surface area (Å²) in [5, 5.41) is 4.18. The van der Waals surface area contributed by atoms with Crippen molar-refractivity contribution >= 4 is 22.7 Å². The first kappa shape index (κ1) is 15.0. The molecule has 1 N–H and O–H groups in total. The second kappa shape index (κ2) is 6.87. The molecule has 0 aliphatic heterocycles. The molecule has 0 fully saturated rings. The average Bonchev–Trinajstić information content (AvgIpc) is 2.60. The molecule has 0 aliphatic carbocycles. The number of aromatic nitrogens is 2. The van der Waals surface area contributed by atoms with Gasteiger partial charge in [-0.05, 0) is 36.8 Å². The third-order valence-electron chi connectivity index (χ3n) is 3.49. The Morgan fingerprint density at radius 2 is 1.96 bits per heavy atom. The summed E-state index contributed by atoms with van der Waals surface area (Å²) in [7, 11) is 0. The van der Waals surface area contributed by atoms with E-state index in [0.717, 1.165) is 16.6 Å². The molecule has 3 aromatic rings. The minimum Gasteiger partial charge on any atom is -0.462 e. The van der Waals surface area contributed by atoms with Crippen molar-refractivity contribution in [2.75, 3.05) is 11.9 Å². The topological polar surface area (TPSA) is 64.1 Å². The van der Waals surface area contributed by atoms with E-state index in [2.05, 4.69) is 15.3 Å². The molecule has 0 saturated heterocycles. The van der Waals surface area contributed by atoms with Gasteiger partial charge < -0.3 is 10.1 Å². The number of rotatable bonds is 5. The minimum absolute atomic E-state index is 0.329. The van der Waals surface area contributed by atoms with Gasteiger partial charge in [0.15, 0.2) is 5.65 Å². The Bertz CT molecular complexity index is 819. The Morgan fingerprint density at radius 3 is 2.74 bits per heavy atom. The van der Waals surface area contributed by atoms with Gasteiger partial charge in [-0.2, -0.15) is 0 Å². The Hall–Kier alpha value is -2.95. The van der Waals surface area contributed by atoms with Crippen molar-refractivity contribution in [3.8, 4) is 0 Å². The zero-order valence-corrected chi connectivity index (χ0v) is 12.8. The third kappa shape index (κ3) is 3.29. The molecule has 0 spiro atoms. The molecule has 0 saturated carbocycles. The number of ether oxygens (including phenoxy) is 1. The van der Waals surface area contributed by atoms with Gasteiger partial charge >= 0.3 is 5.97 Å². The van der Waals surface area contributed by atoms with Crippen molar-refractivity contribution in [1.29, 1.82) is 0 Å². The van der Waals surface area contributed by atoms with E-state index in [1.54, 1.807) is 13.1 Å². The third-order valence-corrected chi connectivity index (χ3v) is 3.49. The molecule has 5 nitrogen and oxygen atoms in total. The van der Waals surface area contributed by atoms with Crippen molar-refractivity contribution in [1.82, 2.24) is 9.97 Å². The molecule has 0 radical (unpaired) electrons. The van der Waals surface area contributed by atoms with Crippen LogP contribution in [0.15, 0.2) is 54.9 Å². The van der Waals surface area contributed by atoms with Crippen molar-refractivity contribution in [2.45, 2.75) is 13.5 Å². The Labute approximate surface area is 134 Å². The van der Waals surface area contributed by atoms with Gasteiger partial charge in [0, 0.05) is 30.0 Å². The molecule has 0 aliphatic rings. The lowest BCUT2D eigenvalue weighted by atomic mass is 10.1. The van der Waals surface area contributed by atoms with Gasteiger partial charge in [-0.15, -0.1) is 0 Å². The molecule has 0 unspecified atom stereocenters. The standard InChI is InChI=1S/C18H17N3O2/c1-2-23-18(22)16-12-21-17-14(9-6-10-19-17)15(16)11-20-13-7-4-3-5-8-13/h3-10,12,20H,2,11H2,1H3. The van der Waals surface area contributed by atoms with E-state index in [-0.39, 0.29) is 5.97 Å². The number of carbonyl (C=O) groups is 1. The van der Waals surface area contributed by atoms with Gasteiger partial charge in [0.1, 0.15) is 0 Å². The van der Waals surface area contributed by atoms with Crippen LogP contribution in [-0.2, 0) is 11.3 Å². The van der Waals surface area contributed by atoms with Crippen LogP contribution in [0.1, 0.15) is 22.8 Å². The smallest absolute Gasteiger partial charge is 0.340 e. The second-order valence-electron chi connectivity index (χ2n) is 4.97. The van der Waals surface area contributed by atoms with Gasteiger partial charge in [0.05, 0.1) is 12.2 Å². The highest BCUT2D eigenvalue weighted by molar-refractivity contribution is 5.96. The molecule has 2 heterocycles. The summed E-state index contributed by atoms with van der Waals surface area (Å²) in [4.78, 5) is 20.7. The highest BCUT2D eigenvalue weighted by Crippen LogP contribution is 2.21. The predicted octanol–water partition coefficient (Wildman–Crippen LogP) is 3.42. The van der Waals surface area contributed by atoms with Crippen LogP contribution in [0.3, 0.4) is 0 Å². The molecule has 1 aromatic carbocycles. The zero-order chi connectivity index (χ0) is 16.1. The van der Waals surface area contributed by atoms with Gasteiger partial charge in [0.25, 0.3) is 0 Å². The van der Waals surface area contributed by atoms with E-state index < -0.39 is 0 Å². The molecule has 116 valence electrons. The summed E-state index contributed by atoms with van der Waals surface area (Å²) < 4.78 is 5.14. The van der Waals surface area contributed by atoms with Crippen LogP contribution < -0.4 is 5.32 Å². The molecular formula is C18H17N3O2. The van der Waals surface area contributed by atoms with Gasteiger partial charge in [-0.1, -0.05) is 18.2 Å². The Morgan fingerprint density at radius 1 is 1.13 bits per heavy atom. The maximum Gasteiger partial charge on any atom is 0.340 e. The van der Waals surface area contributed by atoms with E-state index in [4.69, 9.17) is 4.74 Å². The highest BCUT2D eigenvalue weighted by atomic mass is 16.5. The number of pyridine rings is 2. The first-order valence-corrected chi connectivity index (χ1v) is 7.48. The lowest BCUT2D eigenvalue weighted by molar-refractivity contribution is 0.0525. The molecular weight excluding hydrogens is 290 g/mol. The number of esters is 1. The molecule has 0 amide bonds. The van der Waals surface area contributed by atoms with Gasteiger partial charge in [-0.3, -0.25) is 0 Å². The van der Waals surface area contributed by atoms with Crippen molar-refractivity contribution in [3.63, 3.8) is 0 Å². The number of benzene rings is 1. The fraction of sp³-hybridized carbons (Fsp3) is 0.167. The monoisotopic (exact) mass is 307 g/mol. The van der Waals surface area contributed by atoms with Crippen molar-refractivity contribution in [3.05, 3.63) is 66.0 Å². The van der Waals surface area contributed by atoms with Crippen LogP contribution in [0.2, 0.25) is 0 Å². The second-order valence-corrected chi connectivity index (χ2v) is 4.97. The maximum absolute atomic E-state index is 12.2. The van der Waals surface area contributed by atoms with E-state index in [0.29, 0.717) is 24.4 Å². The lowest BCUT2D eigenvalue weighted by Crippen LogP contribution is -2.12. The van der Waals surface area contributed by atoms with Crippen LogP contribution >= 0.6 is 0 Å². The van der Waals surface area contributed by atoms with E-state index in [1.807, 2.05) is 42.5 Å². The molecule has 0 atom stereocenters. The number of carbonyl (C=O) groups excluding carboxylic acids is 1. The minimum atomic E-state index is -0.365. The van der Waals surface area contributed by atoms with Crippen LogP contribution in [0.4, 0.5) is 5.69 Å². The Kier molecular flexibility index (Phi) is 4.47. The number of fused-ring (bicyclic) bond motifs is 1. The summed E-state index contributed by atoms with van der Waals surface area (Å²) >= 11 is 0. The lowest BCUT2D eigenvalue weighted by Gasteiger charge is -2.13. The van der Waals surface area contributed by atoms with Crippen LogP contribution in [0.25, 0.3) is 11.0 Å². The number of hydrogen-bond acceptors (Lipinski definition) is 5. The zero-order valence-electron chi connectivity index (χ0n) is 12.8. The summed E-state index contributed by atoms with van der Waals surface area (Å²) in [6.45, 7) is 2.61. The van der Waals surface area contributed by atoms with E-state index >= 15 is 0 Å². The molecule has 0 bridgehead atoms. The molecule has 2 aromatic heterocycles. The first-order chi connectivity index (χ1) is 11.3. The van der Waals surface area contributed by atoms with Gasteiger partial charge in [0.2, 0.25) is 0 Å².